The number of β-amino-alcohol motifs (C(OH)–C–C–N with tert-alkyl or cyclic N) is 1. The number of rotatable bonds is 3. The van der Waals surface area contributed by atoms with Crippen molar-refractivity contribution in [1.29, 1.82) is 0 Å². The van der Waals surface area contributed by atoms with E-state index in [9.17, 15) is 5.11 Å². The molecule has 1 unspecified atom stereocenters. The number of aliphatic hydroxyl groups is 1. The molecule has 0 radical (unpaired) electrons. The summed E-state index contributed by atoms with van der Waals surface area (Å²) in [6, 6.07) is 9.32. The number of likely N-dealkylation sites (tertiary alicyclic amines) is 1. The highest BCUT2D eigenvalue weighted by molar-refractivity contribution is 5.30. The molecule has 1 aliphatic heterocycles. The second-order valence-corrected chi connectivity index (χ2v) is 6.26. The maximum absolute atomic E-state index is 10.8. The second kappa shape index (κ2) is 4.36. The summed E-state index contributed by atoms with van der Waals surface area (Å²) in [5, 5.41) is 10.8. The summed E-state index contributed by atoms with van der Waals surface area (Å²) < 4.78 is 0. The highest BCUT2D eigenvalue weighted by Crippen LogP contribution is 2.38. The highest BCUT2D eigenvalue weighted by atomic mass is 16.3. The fourth-order valence-corrected chi connectivity index (χ4v) is 2.99. The largest absolute Gasteiger partial charge is 0.384 e. The molecule has 1 atom stereocenters. The van der Waals surface area contributed by atoms with E-state index in [1.54, 1.807) is 0 Å². The number of hydrogen-bond acceptors (Lipinski definition) is 2. The number of nitrogens with zero attached hydrogens (tertiary/aromatic N) is 1. The van der Waals surface area contributed by atoms with Crippen LogP contribution in [0.4, 0.5) is 0 Å². The summed E-state index contributed by atoms with van der Waals surface area (Å²) in [4.78, 5) is 2.45. The number of hydrogen-bond donors (Lipinski definition) is 1. The molecule has 0 spiro atoms. The molecule has 1 aliphatic carbocycles. The predicted molar refractivity (Wildman–Crippen MR) is 73.6 cm³/mol. The summed E-state index contributed by atoms with van der Waals surface area (Å²) in [5.41, 5.74) is 1.83. The summed E-state index contributed by atoms with van der Waals surface area (Å²) >= 11 is 0. The van der Waals surface area contributed by atoms with E-state index < -0.39 is 5.60 Å². The molecule has 0 aromatic heterocycles. The zero-order valence-corrected chi connectivity index (χ0v) is 11.4. The van der Waals surface area contributed by atoms with E-state index in [1.165, 1.54) is 18.4 Å². The molecule has 2 aliphatic rings. The van der Waals surface area contributed by atoms with Crippen LogP contribution in [0.3, 0.4) is 0 Å². The average Bonchev–Trinajstić information content (AvgIpc) is 3.13. The molecule has 1 aromatic rings. The fourth-order valence-electron chi connectivity index (χ4n) is 2.99. The van der Waals surface area contributed by atoms with E-state index in [1.807, 2.05) is 0 Å². The van der Waals surface area contributed by atoms with Crippen LogP contribution in [0.5, 0.6) is 0 Å². The van der Waals surface area contributed by atoms with Crippen LogP contribution in [-0.4, -0.2) is 29.1 Å². The zero-order valence-electron chi connectivity index (χ0n) is 11.4. The van der Waals surface area contributed by atoms with Gasteiger partial charge in [-0.25, -0.2) is 0 Å². The Balaban J connectivity index is 1.77. The van der Waals surface area contributed by atoms with Gasteiger partial charge in [0.1, 0.15) is 5.60 Å². The molecule has 1 saturated heterocycles. The topological polar surface area (TPSA) is 23.5 Å². The first-order chi connectivity index (χ1) is 8.58. The highest BCUT2D eigenvalue weighted by Gasteiger charge is 2.42. The first-order valence-electron chi connectivity index (χ1n) is 7.15. The van der Waals surface area contributed by atoms with Crippen molar-refractivity contribution in [3.05, 3.63) is 35.4 Å². The lowest BCUT2D eigenvalue weighted by Crippen LogP contribution is -2.31. The van der Waals surface area contributed by atoms with Crippen molar-refractivity contribution in [2.75, 3.05) is 13.1 Å². The van der Waals surface area contributed by atoms with Gasteiger partial charge < -0.3 is 5.11 Å². The summed E-state index contributed by atoms with van der Waals surface area (Å²) in [6.45, 7) is 6.27. The lowest BCUT2D eigenvalue weighted by Gasteiger charge is -2.24. The van der Waals surface area contributed by atoms with E-state index in [2.05, 4.69) is 43.0 Å². The smallest absolute Gasteiger partial charge is 0.103 e. The van der Waals surface area contributed by atoms with Crippen LogP contribution in [0.15, 0.2) is 24.3 Å². The normalized spacial score (nSPS) is 29.1. The zero-order chi connectivity index (χ0) is 12.8. The maximum atomic E-state index is 10.8. The molecule has 0 amide bonds. The van der Waals surface area contributed by atoms with Crippen LogP contribution < -0.4 is 0 Å². The number of benzene rings is 1. The Morgan fingerprint density at radius 1 is 1.22 bits per heavy atom. The molecule has 1 N–H and O–H groups in total. The van der Waals surface area contributed by atoms with Gasteiger partial charge in [-0.05, 0) is 36.3 Å². The maximum Gasteiger partial charge on any atom is 0.103 e. The third kappa shape index (κ3) is 2.19. The standard InChI is InChI=1S/C16H23NO/c1-12(2)13-3-5-14(6-4-13)16(18)9-10-17(11-16)15-7-8-15/h3-6,12,15,18H,7-11H2,1-2H3. The van der Waals surface area contributed by atoms with Crippen LogP contribution >= 0.6 is 0 Å². The molecule has 2 nitrogen and oxygen atoms in total. The second-order valence-electron chi connectivity index (χ2n) is 6.26. The van der Waals surface area contributed by atoms with Gasteiger partial charge >= 0.3 is 0 Å². The van der Waals surface area contributed by atoms with Gasteiger partial charge in [0.25, 0.3) is 0 Å². The average molecular weight is 245 g/mol. The van der Waals surface area contributed by atoms with Gasteiger partial charge in [0.05, 0.1) is 0 Å². The Labute approximate surface area is 110 Å². The van der Waals surface area contributed by atoms with Crippen molar-refractivity contribution in [2.24, 2.45) is 0 Å². The van der Waals surface area contributed by atoms with Crippen molar-refractivity contribution in [1.82, 2.24) is 4.90 Å². The molecule has 2 fully saturated rings. The van der Waals surface area contributed by atoms with E-state index in [-0.39, 0.29) is 0 Å². The Hall–Kier alpha value is -0.860. The minimum Gasteiger partial charge on any atom is -0.384 e. The van der Waals surface area contributed by atoms with Crippen molar-refractivity contribution < 1.29 is 5.11 Å². The summed E-state index contributed by atoms with van der Waals surface area (Å²) in [6.07, 6.45) is 3.52. The lowest BCUT2D eigenvalue weighted by molar-refractivity contribution is 0.0452. The van der Waals surface area contributed by atoms with Gasteiger partial charge in [-0.1, -0.05) is 38.1 Å². The van der Waals surface area contributed by atoms with Gasteiger partial charge in [-0.2, -0.15) is 0 Å². The first kappa shape index (κ1) is 12.2. The summed E-state index contributed by atoms with van der Waals surface area (Å²) in [5.74, 6) is 0.556. The van der Waals surface area contributed by atoms with Crippen molar-refractivity contribution >= 4 is 0 Å². The van der Waals surface area contributed by atoms with Crippen LogP contribution in [-0.2, 0) is 5.60 Å². The van der Waals surface area contributed by atoms with Crippen LogP contribution in [0, 0.1) is 0 Å². The third-order valence-electron chi connectivity index (χ3n) is 4.46. The van der Waals surface area contributed by atoms with Gasteiger partial charge in [-0.15, -0.1) is 0 Å². The van der Waals surface area contributed by atoms with Gasteiger partial charge in [0.2, 0.25) is 0 Å². The van der Waals surface area contributed by atoms with E-state index in [4.69, 9.17) is 0 Å². The molecular formula is C16H23NO. The Morgan fingerprint density at radius 3 is 2.44 bits per heavy atom. The van der Waals surface area contributed by atoms with Crippen molar-refractivity contribution in [2.45, 2.75) is 50.7 Å². The quantitative estimate of drug-likeness (QED) is 0.885. The Bertz CT molecular complexity index is 421. The van der Waals surface area contributed by atoms with Gasteiger partial charge in [0.15, 0.2) is 0 Å². The molecule has 0 bridgehead atoms. The fraction of sp³-hybridized carbons (Fsp3) is 0.625. The molecule has 1 saturated carbocycles. The van der Waals surface area contributed by atoms with E-state index in [0.717, 1.165) is 31.1 Å². The molecule has 18 heavy (non-hydrogen) atoms. The molecule has 1 aromatic carbocycles. The minimum absolute atomic E-state index is 0.556. The Morgan fingerprint density at radius 2 is 1.89 bits per heavy atom. The third-order valence-corrected chi connectivity index (χ3v) is 4.46. The van der Waals surface area contributed by atoms with Crippen LogP contribution in [0.2, 0.25) is 0 Å². The SMILES string of the molecule is CC(C)c1ccc(C2(O)CCN(C3CC3)C2)cc1. The van der Waals surface area contributed by atoms with E-state index in [0.29, 0.717) is 5.92 Å². The van der Waals surface area contributed by atoms with Crippen molar-refractivity contribution in [3.8, 4) is 0 Å². The van der Waals surface area contributed by atoms with Gasteiger partial charge in [0, 0.05) is 19.1 Å². The minimum atomic E-state index is -0.613. The van der Waals surface area contributed by atoms with Gasteiger partial charge in [-0.3, -0.25) is 4.90 Å². The Kier molecular flexibility index (Phi) is 2.95. The molecule has 2 heteroatoms. The summed E-state index contributed by atoms with van der Waals surface area (Å²) in [7, 11) is 0. The molecular weight excluding hydrogens is 222 g/mol. The van der Waals surface area contributed by atoms with Crippen LogP contribution in [0.25, 0.3) is 0 Å². The lowest BCUT2D eigenvalue weighted by atomic mass is 9.91. The molecule has 3 rings (SSSR count). The van der Waals surface area contributed by atoms with Crippen LogP contribution in [0.1, 0.15) is 50.2 Å². The monoisotopic (exact) mass is 245 g/mol. The predicted octanol–water partition coefficient (Wildman–Crippen LogP) is 2.87. The van der Waals surface area contributed by atoms with E-state index >= 15 is 0 Å². The first-order valence-corrected chi connectivity index (χ1v) is 7.15. The molecule has 98 valence electrons. The molecule has 1 heterocycles. The van der Waals surface area contributed by atoms with Crippen molar-refractivity contribution in [3.63, 3.8) is 0 Å².